The van der Waals surface area contributed by atoms with E-state index in [4.69, 9.17) is 0 Å². The van der Waals surface area contributed by atoms with E-state index in [1.807, 2.05) is 37.3 Å². The Morgan fingerprint density at radius 1 is 1.26 bits per heavy atom. The zero-order valence-electron chi connectivity index (χ0n) is 10.5. The Kier molecular flexibility index (Phi) is 2.48. The summed E-state index contributed by atoms with van der Waals surface area (Å²) in [7, 11) is 0. The topological polar surface area (TPSA) is 66.1 Å². The van der Waals surface area contributed by atoms with Crippen LogP contribution in [0.4, 0.5) is 5.69 Å². The molecular formula is C14H13N3O2. The van der Waals surface area contributed by atoms with Crippen molar-refractivity contribution in [2.24, 2.45) is 0 Å². The molecule has 1 N–H and O–H groups in total. The van der Waals surface area contributed by atoms with Crippen molar-refractivity contribution in [3.8, 4) is 0 Å². The number of nitrogens with one attached hydrogen (secondary N) is 1. The van der Waals surface area contributed by atoms with Gasteiger partial charge in [0, 0.05) is 12.6 Å². The van der Waals surface area contributed by atoms with Gasteiger partial charge >= 0.3 is 0 Å². The molecule has 0 bridgehead atoms. The molecule has 1 fully saturated rings. The fourth-order valence-corrected chi connectivity index (χ4v) is 2.48. The van der Waals surface area contributed by atoms with Crippen LogP contribution in [0, 0.1) is 0 Å². The molecule has 2 heterocycles. The SMILES string of the molecule is CC1(c2ccccc2)CC(=O)N(c2cn[nH]c2)C1=O. The average Bonchev–Trinajstić information content (AvgIpc) is 3.00. The van der Waals surface area contributed by atoms with Gasteiger partial charge < -0.3 is 0 Å². The molecule has 1 aliphatic heterocycles. The van der Waals surface area contributed by atoms with Crippen LogP contribution in [0.1, 0.15) is 18.9 Å². The molecule has 19 heavy (non-hydrogen) atoms. The van der Waals surface area contributed by atoms with Crippen molar-refractivity contribution in [1.82, 2.24) is 10.2 Å². The Labute approximate surface area is 110 Å². The quantitative estimate of drug-likeness (QED) is 0.829. The number of hydrogen-bond donors (Lipinski definition) is 1. The van der Waals surface area contributed by atoms with E-state index >= 15 is 0 Å². The van der Waals surface area contributed by atoms with Gasteiger partial charge in [0.05, 0.1) is 17.3 Å². The van der Waals surface area contributed by atoms with Gasteiger partial charge in [-0.25, -0.2) is 4.90 Å². The van der Waals surface area contributed by atoms with Crippen molar-refractivity contribution in [2.45, 2.75) is 18.8 Å². The number of imide groups is 1. The van der Waals surface area contributed by atoms with Gasteiger partial charge in [0.2, 0.25) is 11.8 Å². The number of aromatic nitrogens is 2. The summed E-state index contributed by atoms with van der Waals surface area (Å²) >= 11 is 0. The van der Waals surface area contributed by atoms with Crippen molar-refractivity contribution < 1.29 is 9.59 Å². The van der Waals surface area contributed by atoms with E-state index in [2.05, 4.69) is 10.2 Å². The van der Waals surface area contributed by atoms with E-state index in [0.717, 1.165) is 5.56 Å². The normalized spacial score (nSPS) is 23.1. The minimum Gasteiger partial charge on any atom is -0.284 e. The minimum atomic E-state index is -0.796. The number of aromatic amines is 1. The highest BCUT2D eigenvalue weighted by Gasteiger charge is 2.50. The van der Waals surface area contributed by atoms with E-state index < -0.39 is 5.41 Å². The number of hydrogen-bond acceptors (Lipinski definition) is 3. The van der Waals surface area contributed by atoms with Crippen LogP contribution in [0.25, 0.3) is 0 Å². The molecule has 1 saturated heterocycles. The van der Waals surface area contributed by atoms with Gasteiger partial charge in [-0.05, 0) is 12.5 Å². The summed E-state index contributed by atoms with van der Waals surface area (Å²) in [4.78, 5) is 25.9. The van der Waals surface area contributed by atoms with Crippen molar-refractivity contribution in [2.75, 3.05) is 4.90 Å². The number of rotatable bonds is 2. The summed E-state index contributed by atoms with van der Waals surface area (Å²) in [5.41, 5.74) is 0.560. The molecule has 0 saturated carbocycles. The molecule has 1 atom stereocenters. The number of amides is 2. The molecule has 5 nitrogen and oxygen atoms in total. The molecule has 96 valence electrons. The van der Waals surface area contributed by atoms with Gasteiger partial charge in [-0.2, -0.15) is 5.10 Å². The van der Waals surface area contributed by atoms with Gasteiger partial charge in [-0.15, -0.1) is 0 Å². The van der Waals surface area contributed by atoms with Crippen LogP contribution in [0.2, 0.25) is 0 Å². The molecule has 1 aromatic carbocycles. The van der Waals surface area contributed by atoms with Crippen molar-refractivity contribution in [1.29, 1.82) is 0 Å². The summed E-state index contributed by atoms with van der Waals surface area (Å²) in [5.74, 6) is -0.400. The number of nitrogens with zero attached hydrogens (tertiary/aromatic N) is 2. The van der Waals surface area contributed by atoms with Crippen molar-refractivity contribution in [3.63, 3.8) is 0 Å². The lowest BCUT2D eigenvalue weighted by Gasteiger charge is -2.21. The van der Waals surface area contributed by atoms with Crippen LogP contribution in [0.5, 0.6) is 0 Å². The fraction of sp³-hybridized carbons (Fsp3) is 0.214. The van der Waals surface area contributed by atoms with Crippen molar-refractivity contribution >= 4 is 17.5 Å². The summed E-state index contributed by atoms with van der Waals surface area (Å²) in [6, 6.07) is 9.40. The summed E-state index contributed by atoms with van der Waals surface area (Å²) in [5, 5.41) is 6.40. The lowest BCUT2D eigenvalue weighted by atomic mass is 9.81. The summed E-state index contributed by atoms with van der Waals surface area (Å²) in [6.45, 7) is 1.81. The van der Waals surface area contributed by atoms with Gasteiger partial charge in [0.1, 0.15) is 0 Å². The lowest BCUT2D eigenvalue weighted by Crippen LogP contribution is -2.36. The van der Waals surface area contributed by atoms with Gasteiger partial charge in [0.15, 0.2) is 0 Å². The molecule has 1 aromatic heterocycles. The molecule has 5 heteroatoms. The maximum Gasteiger partial charge on any atom is 0.244 e. The van der Waals surface area contributed by atoms with E-state index in [-0.39, 0.29) is 18.2 Å². The maximum atomic E-state index is 12.6. The van der Waals surface area contributed by atoms with Gasteiger partial charge in [0.25, 0.3) is 0 Å². The monoisotopic (exact) mass is 255 g/mol. The molecule has 2 amide bonds. The standard InChI is InChI=1S/C14H13N3O2/c1-14(10-5-3-2-4-6-10)7-12(18)17(13(14)19)11-8-15-16-9-11/h2-6,8-9H,7H2,1H3,(H,15,16). The highest BCUT2D eigenvalue weighted by Crippen LogP contribution is 2.38. The van der Waals surface area contributed by atoms with Crippen LogP contribution >= 0.6 is 0 Å². The van der Waals surface area contributed by atoms with Gasteiger partial charge in [-0.1, -0.05) is 30.3 Å². The van der Waals surface area contributed by atoms with E-state index in [9.17, 15) is 9.59 Å². The van der Waals surface area contributed by atoms with Crippen LogP contribution in [-0.2, 0) is 15.0 Å². The number of benzene rings is 1. The van der Waals surface area contributed by atoms with Crippen LogP contribution < -0.4 is 4.90 Å². The second-order valence-electron chi connectivity index (χ2n) is 4.87. The number of H-pyrrole nitrogens is 1. The number of anilines is 1. The first-order valence-corrected chi connectivity index (χ1v) is 6.04. The van der Waals surface area contributed by atoms with Crippen LogP contribution in [-0.4, -0.2) is 22.0 Å². The van der Waals surface area contributed by atoms with Crippen LogP contribution in [0.15, 0.2) is 42.7 Å². The molecular weight excluding hydrogens is 242 g/mol. The van der Waals surface area contributed by atoms with E-state index in [0.29, 0.717) is 5.69 Å². The molecule has 0 aliphatic carbocycles. The molecule has 0 radical (unpaired) electrons. The Morgan fingerprint density at radius 3 is 2.63 bits per heavy atom. The molecule has 1 unspecified atom stereocenters. The Bertz CT molecular complexity index is 621. The molecule has 2 aromatic rings. The number of carbonyl (C=O) groups is 2. The maximum absolute atomic E-state index is 12.6. The second-order valence-corrected chi connectivity index (χ2v) is 4.87. The second kappa shape index (κ2) is 4.05. The first-order valence-electron chi connectivity index (χ1n) is 6.04. The van der Waals surface area contributed by atoms with Gasteiger partial charge in [-0.3, -0.25) is 14.7 Å². The highest BCUT2D eigenvalue weighted by atomic mass is 16.2. The number of carbonyl (C=O) groups excluding carboxylic acids is 2. The summed E-state index contributed by atoms with van der Waals surface area (Å²) < 4.78 is 0. The predicted octanol–water partition coefficient (Wildman–Crippen LogP) is 1.63. The molecule has 0 spiro atoms. The van der Waals surface area contributed by atoms with E-state index in [1.165, 1.54) is 11.1 Å². The van der Waals surface area contributed by atoms with Crippen molar-refractivity contribution in [3.05, 3.63) is 48.3 Å². The third kappa shape index (κ3) is 1.66. The predicted molar refractivity (Wildman–Crippen MR) is 69.5 cm³/mol. The molecule has 3 rings (SSSR count). The zero-order valence-corrected chi connectivity index (χ0v) is 10.5. The fourth-order valence-electron chi connectivity index (χ4n) is 2.48. The Balaban J connectivity index is 2.03. The Morgan fingerprint density at radius 2 is 2.00 bits per heavy atom. The highest BCUT2D eigenvalue weighted by molar-refractivity contribution is 6.24. The van der Waals surface area contributed by atoms with Crippen LogP contribution in [0.3, 0.4) is 0 Å². The Hall–Kier alpha value is -2.43. The first-order chi connectivity index (χ1) is 9.13. The average molecular weight is 255 g/mol. The minimum absolute atomic E-state index is 0.182. The zero-order chi connectivity index (χ0) is 13.5. The molecule has 1 aliphatic rings. The third-order valence-electron chi connectivity index (χ3n) is 3.58. The van der Waals surface area contributed by atoms with E-state index in [1.54, 1.807) is 6.20 Å². The smallest absolute Gasteiger partial charge is 0.244 e. The largest absolute Gasteiger partial charge is 0.284 e. The third-order valence-corrected chi connectivity index (χ3v) is 3.58. The lowest BCUT2D eigenvalue weighted by molar-refractivity contribution is -0.122. The first kappa shape index (κ1) is 11.6. The summed E-state index contributed by atoms with van der Waals surface area (Å²) in [6.07, 6.45) is 3.21.